The first-order valence-corrected chi connectivity index (χ1v) is 7.41. The summed E-state index contributed by atoms with van der Waals surface area (Å²) in [7, 11) is 0. The SMILES string of the molecule is CCc1cccc(OCCOC(=O)C2(C)CC2(Cl)Cl)c1. The van der Waals surface area contributed by atoms with Gasteiger partial charge in [-0.1, -0.05) is 19.1 Å². The Morgan fingerprint density at radius 2 is 2.05 bits per heavy atom. The van der Waals surface area contributed by atoms with E-state index in [0.717, 1.165) is 12.2 Å². The minimum absolute atomic E-state index is 0.189. The average molecular weight is 317 g/mol. The monoisotopic (exact) mass is 316 g/mol. The maximum atomic E-state index is 11.8. The van der Waals surface area contributed by atoms with Gasteiger partial charge in [-0.15, -0.1) is 23.2 Å². The second kappa shape index (κ2) is 5.82. The lowest BCUT2D eigenvalue weighted by atomic mass is 10.1. The highest BCUT2D eigenvalue weighted by Crippen LogP contribution is 2.64. The highest BCUT2D eigenvalue weighted by molar-refractivity contribution is 6.53. The molecular weight excluding hydrogens is 299 g/mol. The Kier molecular flexibility index (Phi) is 4.50. The molecule has 1 aromatic carbocycles. The summed E-state index contributed by atoms with van der Waals surface area (Å²) in [4.78, 5) is 11.8. The Morgan fingerprint density at radius 3 is 2.65 bits per heavy atom. The molecule has 0 heterocycles. The van der Waals surface area contributed by atoms with Crippen LogP contribution in [0.2, 0.25) is 0 Å². The summed E-state index contributed by atoms with van der Waals surface area (Å²) in [5, 5.41) is 0. The van der Waals surface area contributed by atoms with Crippen LogP contribution in [-0.2, 0) is 16.0 Å². The minimum atomic E-state index is -0.986. The summed E-state index contributed by atoms with van der Waals surface area (Å²) in [5.41, 5.74) is 0.428. The first kappa shape index (κ1) is 15.5. The number of hydrogen-bond acceptors (Lipinski definition) is 3. The third-order valence-electron chi connectivity index (χ3n) is 3.60. The number of ether oxygens (including phenoxy) is 2. The summed E-state index contributed by atoms with van der Waals surface area (Å²) in [6, 6.07) is 7.85. The van der Waals surface area contributed by atoms with Crippen molar-refractivity contribution >= 4 is 29.2 Å². The van der Waals surface area contributed by atoms with Crippen molar-refractivity contribution in [3.8, 4) is 5.75 Å². The van der Waals surface area contributed by atoms with Crippen molar-refractivity contribution in [1.29, 1.82) is 0 Å². The summed E-state index contributed by atoms with van der Waals surface area (Å²) < 4.78 is 9.71. The molecule has 0 bridgehead atoms. The molecule has 0 spiro atoms. The highest BCUT2D eigenvalue weighted by Gasteiger charge is 2.69. The summed E-state index contributed by atoms with van der Waals surface area (Å²) >= 11 is 11.8. The minimum Gasteiger partial charge on any atom is -0.490 e. The van der Waals surface area contributed by atoms with Gasteiger partial charge in [0.1, 0.15) is 28.7 Å². The fourth-order valence-electron chi connectivity index (χ4n) is 1.93. The molecule has 1 aliphatic rings. The maximum Gasteiger partial charge on any atom is 0.315 e. The summed E-state index contributed by atoms with van der Waals surface area (Å²) in [6.07, 6.45) is 1.39. The molecule has 1 saturated carbocycles. The lowest BCUT2D eigenvalue weighted by molar-refractivity contribution is -0.150. The normalized spacial score (nSPS) is 23.2. The van der Waals surface area contributed by atoms with Crippen molar-refractivity contribution in [1.82, 2.24) is 0 Å². The molecule has 1 atom stereocenters. The van der Waals surface area contributed by atoms with Crippen LogP contribution in [0.1, 0.15) is 25.8 Å². The number of carbonyl (C=O) groups is 1. The van der Waals surface area contributed by atoms with Crippen LogP contribution in [0.25, 0.3) is 0 Å². The van der Waals surface area contributed by atoms with Gasteiger partial charge in [0.25, 0.3) is 0 Å². The van der Waals surface area contributed by atoms with Gasteiger partial charge in [-0.3, -0.25) is 4.79 Å². The number of carbonyl (C=O) groups excluding carboxylic acids is 1. The van der Waals surface area contributed by atoms with E-state index in [2.05, 4.69) is 6.92 Å². The van der Waals surface area contributed by atoms with Crippen LogP contribution in [0, 0.1) is 5.41 Å². The van der Waals surface area contributed by atoms with Crippen LogP contribution in [0.5, 0.6) is 5.75 Å². The van der Waals surface area contributed by atoms with Crippen molar-refractivity contribution < 1.29 is 14.3 Å². The molecule has 0 aliphatic heterocycles. The molecular formula is C15H18Cl2O3. The van der Waals surface area contributed by atoms with E-state index in [4.69, 9.17) is 32.7 Å². The molecule has 0 aromatic heterocycles. The molecule has 0 amide bonds. The number of aryl methyl sites for hydroxylation is 1. The zero-order valence-corrected chi connectivity index (χ0v) is 13.1. The molecule has 0 N–H and O–H groups in total. The Hall–Kier alpha value is -0.930. The zero-order valence-electron chi connectivity index (χ0n) is 11.6. The molecule has 0 radical (unpaired) electrons. The third-order valence-corrected chi connectivity index (χ3v) is 4.70. The molecule has 110 valence electrons. The van der Waals surface area contributed by atoms with Gasteiger partial charge in [0.2, 0.25) is 0 Å². The van der Waals surface area contributed by atoms with Crippen molar-refractivity contribution in [2.45, 2.75) is 31.0 Å². The largest absolute Gasteiger partial charge is 0.490 e. The second-order valence-corrected chi connectivity index (χ2v) is 6.68. The van der Waals surface area contributed by atoms with Crippen LogP contribution < -0.4 is 4.74 Å². The van der Waals surface area contributed by atoms with Crippen molar-refractivity contribution in [2.75, 3.05) is 13.2 Å². The highest BCUT2D eigenvalue weighted by atomic mass is 35.5. The predicted octanol–water partition coefficient (Wildman–Crippen LogP) is 3.75. The Morgan fingerprint density at radius 1 is 1.35 bits per heavy atom. The van der Waals surface area contributed by atoms with Gasteiger partial charge in [0.05, 0.1) is 0 Å². The summed E-state index contributed by atoms with van der Waals surface area (Å²) in [5.74, 6) is 0.412. The number of benzene rings is 1. The van der Waals surface area contributed by atoms with Crippen LogP contribution in [0.15, 0.2) is 24.3 Å². The Balaban J connectivity index is 1.73. The third kappa shape index (κ3) is 3.21. The number of esters is 1. The number of hydrogen-bond donors (Lipinski definition) is 0. The van der Waals surface area contributed by atoms with E-state index < -0.39 is 9.75 Å². The lowest BCUT2D eigenvalue weighted by Crippen LogP contribution is -2.23. The van der Waals surface area contributed by atoms with Crippen LogP contribution >= 0.6 is 23.2 Å². The van der Waals surface area contributed by atoms with E-state index in [9.17, 15) is 4.79 Å². The van der Waals surface area contributed by atoms with Crippen LogP contribution in [-0.4, -0.2) is 23.5 Å². The van der Waals surface area contributed by atoms with Crippen LogP contribution in [0.3, 0.4) is 0 Å². The molecule has 20 heavy (non-hydrogen) atoms. The average Bonchev–Trinajstić information content (AvgIpc) is 2.95. The topological polar surface area (TPSA) is 35.5 Å². The van der Waals surface area contributed by atoms with Gasteiger partial charge in [-0.2, -0.15) is 0 Å². The van der Waals surface area contributed by atoms with E-state index in [1.54, 1.807) is 6.92 Å². The van der Waals surface area contributed by atoms with Gasteiger partial charge in [0.15, 0.2) is 0 Å². The van der Waals surface area contributed by atoms with E-state index in [0.29, 0.717) is 13.0 Å². The number of alkyl halides is 2. The Labute approximate surface area is 129 Å². The van der Waals surface area contributed by atoms with Crippen LogP contribution in [0.4, 0.5) is 0 Å². The van der Waals surface area contributed by atoms with Gasteiger partial charge in [-0.05, 0) is 31.0 Å². The fraction of sp³-hybridized carbons (Fsp3) is 0.533. The fourth-order valence-corrected chi connectivity index (χ4v) is 2.62. The molecule has 1 aromatic rings. The van der Waals surface area contributed by atoms with Gasteiger partial charge in [0, 0.05) is 6.42 Å². The van der Waals surface area contributed by atoms with Crippen molar-refractivity contribution in [3.05, 3.63) is 29.8 Å². The molecule has 0 saturated heterocycles. The standard InChI is InChI=1S/C15H18Cl2O3/c1-3-11-5-4-6-12(9-11)19-7-8-20-13(18)14(2)10-15(14,16)17/h4-6,9H,3,7-8,10H2,1-2H3. The Bertz CT molecular complexity index is 502. The van der Waals surface area contributed by atoms with Crippen molar-refractivity contribution in [2.24, 2.45) is 5.41 Å². The van der Waals surface area contributed by atoms with E-state index in [-0.39, 0.29) is 12.6 Å². The number of halogens is 2. The molecule has 5 heteroatoms. The second-order valence-electron chi connectivity index (χ2n) is 5.20. The summed E-state index contributed by atoms with van der Waals surface area (Å²) in [6.45, 7) is 4.30. The molecule has 1 unspecified atom stereocenters. The van der Waals surface area contributed by atoms with Gasteiger partial charge in [-0.25, -0.2) is 0 Å². The molecule has 3 nitrogen and oxygen atoms in total. The quantitative estimate of drug-likeness (QED) is 0.455. The molecule has 1 aliphatic carbocycles. The first-order valence-electron chi connectivity index (χ1n) is 6.66. The van der Waals surface area contributed by atoms with E-state index in [1.807, 2.05) is 24.3 Å². The van der Waals surface area contributed by atoms with Gasteiger partial charge >= 0.3 is 5.97 Å². The smallest absolute Gasteiger partial charge is 0.315 e. The van der Waals surface area contributed by atoms with Gasteiger partial charge < -0.3 is 9.47 Å². The maximum absolute atomic E-state index is 11.8. The predicted molar refractivity (Wildman–Crippen MR) is 79.4 cm³/mol. The molecule has 1 fully saturated rings. The van der Waals surface area contributed by atoms with E-state index in [1.165, 1.54) is 5.56 Å². The van der Waals surface area contributed by atoms with Crippen molar-refractivity contribution in [3.63, 3.8) is 0 Å². The zero-order chi connectivity index (χ0) is 14.8. The first-order chi connectivity index (χ1) is 9.39. The lowest BCUT2D eigenvalue weighted by Gasteiger charge is -2.12. The molecule has 2 rings (SSSR count). The number of rotatable bonds is 6. The van der Waals surface area contributed by atoms with E-state index >= 15 is 0 Å².